The van der Waals surface area contributed by atoms with Gasteiger partial charge in [-0.15, -0.1) is 0 Å². The SMILES string of the molecule is C/C=C(/C#Cc1ccccc1)P(=O)(OCC)OCC. The van der Waals surface area contributed by atoms with Crippen LogP contribution < -0.4 is 0 Å². The van der Waals surface area contributed by atoms with E-state index in [2.05, 4.69) is 11.8 Å². The highest BCUT2D eigenvalue weighted by Gasteiger charge is 2.27. The summed E-state index contributed by atoms with van der Waals surface area (Å²) in [7, 11) is -3.28. The average molecular weight is 278 g/mol. The molecule has 1 aromatic carbocycles. The van der Waals surface area contributed by atoms with Crippen LogP contribution >= 0.6 is 7.60 Å². The lowest BCUT2D eigenvalue weighted by atomic mass is 10.2. The third-order valence-corrected chi connectivity index (χ3v) is 4.43. The Kier molecular flexibility index (Phi) is 6.59. The lowest BCUT2D eigenvalue weighted by Crippen LogP contribution is -1.97. The Morgan fingerprint density at radius 2 is 1.79 bits per heavy atom. The summed E-state index contributed by atoms with van der Waals surface area (Å²) in [6.07, 6.45) is 1.68. The van der Waals surface area contributed by atoms with Crippen molar-refractivity contribution in [2.45, 2.75) is 20.8 Å². The van der Waals surface area contributed by atoms with Crippen LogP contribution in [0.25, 0.3) is 0 Å². The minimum absolute atomic E-state index is 0.321. The summed E-state index contributed by atoms with van der Waals surface area (Å²) in [5, 5.41) is 0.403. The molecule has 0 saturated heterocycles. The second kappa shape index (κ2) is 7.96. The molecule has 0 bridgehead atoms. The normalized spacial score (nSPS) is 11.8. The van der Waals surface area contributed by atoms with Gasteiger partial charge >= 0.3 is 7.60 Å². The maximum atomic E-state index is 12.6. The van der Waals surface area contributed by atoms with Gasteiger partial charge in [0.15, 0.2) is 0 Å². The molecule has 3 nitrogen and oxygen atoms in total. The first-order valence-electron chi connectivity index (χ1n) is 6.29. The van der Waals surface area contributed by atoms with Crippen LogP contribution in [0, 0.1) is 11.8 Å². The van der Waals surface area contributed by atoms with Crippen molar-refractivity contribution in [3.05, 3.63) is 47.3 Å². The van der Waals surface area contributed by atoms with Gasteiger partial charge in [-0.3, -0.25) is 4.57 Å². The molecule has 1 aromatic rings. The Morgan fingerprint density at radius 3 is 2.26 bits per heavy atom. The zero-order chi connectivity index (χ0) is 14.1. The summed E-state index contributed by atoms with van der Waals surface area (Å²) in [6.45, 7) is 5.98. The number of hydrogen-bond donors (Lipinski definition) is 0. The maximum Gasteiger partial charge on any atom is 0.369 e. The van der Waals surface area contributed by atoms with Gasteiger partial charge in [-0.25, -0.2) is 0 Å². The Bertz CT molecular complexity index is 513. The molecule has 102 valence electrons. The highest BCUT2D eigenvalue weighted by molar-refractivity contribution is 7.58. The fourth-order valence-electron chi connectivity index (χ4n) is 1.47. The van der Waals surface area contributed by atoms with E-state index in [1.54, 1.807) is 26.8 Å². The largest absolute Gasteiger partial charge is 0.369 e. The van der Waals surface area contributed by atoms with Crippen molar-refractivity contribution in [2.75, 3.05) is 13.2 Å². The lowest BCUT2D eigenvalue weighted by molar-refractivity contribution is 0.227. The molecular formula is C15H19O3P. The predicted octanol–water partition coefficient (Wildman–Crippen LogP) is 4.21. The van der Waals surface area contributed by atoms with Crippen molar-refractivity contribution in [1.82, 2.24) is 0 Å². The molecule has 0 heterocycles. The van der Waals surface area contributed by atoms with Gasteiger partial charge in [0, 0.05) is 5.56 Å². The molecule has 4 heteroatoms. The standard InChI is InChI=1S/C15H19O3P/c1-4-15(19(16,17-5-2)18-6-3)13-12-14-10-8-7-9-11-14/h4,7-11H,5-6H2,1-3H3/b15-4-. The van der Waals surface area contributed by atoms with Crippen LogP contribution in [0.3, 0.4) is 0 Å². The summed E-state index contributed by atoms with van der Waals surface area (Å²) >= 11 is 0. The minimum atomic E-state index is -3.28. The van der Waals surface area contributed by atoms with Crippen molar-refractivity contribution in [1.29, 1.82) is 0 Å². The number of hydrogen-bond acceptors (Lipinski definition) is 3. The summed E-state index contributed by atoms with van der Waals surface area (Å²) in [5.41, 5.74) is 0.862. The molecule has 0 atom stereocenters. The van der Waals surface area contributed by atoms with E-state index >= 15 is 0 Å². The molecule has 0 aromatic heterocycles. The van der Waals surface area contributed by atoms with E-state index in [1.807, 2.05) is 30.3 Å². The molecule has 0 fully saturated rings. The van der Waals surface area contributed by atoms with Crippen LogP contribution in [0.1, 0.15) is 26.3 Å². The Balaban J connectivity index is 3.01. The molecule has 0 aliphatic carbocycles. The van der Waals surface area contributed by atoms with Crippen molar-refractivity contribution in [3.63, 3.8) is 0 Å². The summed E-state index contributed by atoms with van der Waals surface area (Å²) in [5.74, 6) is 5.86. The molecule has 0 spiro atoms. The summed E-state index contributed by atoms with van der Waals surface area (Å²) in [6, 6.07) is 9.53. The van der Waals surface area contributed by atoms with Crippen molar-refractivity contribution in [3.8, 4) is 11.8 Å². The van der Waals surface area contributed by atoms with Crippen LogP contribution in [0.4, 0.5) is 0 Å². The Morgan fingerprint density at radius 1 is 1.21 bits per heavy atom. The van der Waals surface area contributed by atoms with Gasteiger partial charge in [-0.05, 0) is 32.9 Å². The van der Waals surface area contributed by atoms with Gasteiger partial charge < -0.3 is 9.05 Å². The second-order valence-corrected chi connectivity index (χ2v) is 5.62. The highest BCUT2D eigenvalue weighted by Crippen LogP contribution is 2.55. The van der Waals surface area contributed by atoms with Crippen molar-refractivity contribution >= 4 is 7.60 Å². The van der Waals surface area contributed by atoms with Crippen molar-refractivity contribution < 1.29 is 13.6 Å². The average Bonchev–Trinajstić information content (AvgIpc) is 2.41. The van der Waals surface area contributed by atoms with Gasteiger partial charge in [0.25, 0.3) is 0 Å². The van der Waals surface area contributed by atoms with Crippen LogP contribution in [-0.4, -0.2) is 13.2 Å². The maximum absolute atomic E-state index is 12.6. The molecule has 0 N–H and O–H groups in total. The monoisotopic (exact) mass is 278 g/mol. The minimum Gasteiger partial charge on any atom is -0.305 e. The van der Waals surface area contributed by atoms with E-state index in [9.17, 15) is 4.57 Å². The van der Waals surface area contributed by atoms with Crippen LogP contribution in [0.15, 0.2) is 41.7 Å². The first-order chi connectivity index (χ1) is 9.16. The molecule has 0 radical (unpaired) electrons. The van der Waals surface area contributed by atoms with Crippen molar-refractivity contribution in [2.24, 2.45) is 0 Å². The molecule has 19 heavy (non-hydrogen) atoms. The summed E-state index contributed by atoms with van der Waals surface area (Å²) < 4.78 is 23.1. The zero-order valence-corrected chi connectivity index (χ0v) is 12.4. The number of benzene rings is 1. The van der Waals surface area contributed by atoms with Gasteiger partial charge in [0.2, 0.25) is 0 Å². The van der Waals surface area contributed by atoms with Crippen LogP contribution in [0.5, 0.6) is 0 Å². The van der Waals surface area contributed by atoms with E-state index in [4.69, 9.17) is 9.05 Å². The first-order valence-corrected chi connectivity index (χ1v) is 7.83. The lowest BCUT2D eigenvalue weighted by Gasteiger charge is -2.16. The molecule has 0 amide bonds. The third-order valence-electron chi connectivity index (χ3n) is 2.28. The van der Waals surface area contributed by atoms with E-state index in [0.717, 1.165) is 5.56 Å². The molecule has 0 saturated carbocycles. The van der Waals surface area contributed by atoms with Gasteiger partial charge in [-0.1, -0.05) is 36.1 Å². The third kappa shape index (κ3) is 4.69. The fourth-order valence-corrected chi connectivity index (χ4v) is 3.01. The van der Waals surface area contributed by atoms with E-state index in [0.29, 0.717) is 18.5 Å². The quantitative estimate of drug-likeness (QED) is 0.598. The molecule has 0 aliphatic rings. The van der Waals surface area contributed by atoms with E-state index < -0.39 is 7.60 Å². The Labute approximate surface area is 115 Å². The fraction of sp³-hybridized carbons (Fsp3) is 0.333. The zero-order valence-electron chi connectivity index (χ0n) is 11.6. The predicted molar refractivity (Wildman–Crippen MR) is 77.9 cm³/mol. The van der Waals surface area contributed by atoms with Gasteiger partial charge in [0.1, 0.15) is 5.31 Å². The number of rotatable bonds is 5. The molecule has 0 aliphatic heterocycles. The van der Waals surface area contributed by atoms with E-state index in [-0.39, 0.29) is 0 Å². The number of allylic oxidation sites excluding steroid dienone is 2. The topological polar surface area (TPSA) is 35.5 Å². The van der Waals surface area contributed by atoms with Crippen LogP contribution in [0.2, 0.25) is 0 Å². The van der Waals surface area contributed by atoms with Gasteiger partial charge in [0.05, 0.1) is 13.2 Å². The molecular weight excluding hydrogens is 259 g/mol. The Hall–Kier alpha value is -1.33. The molecule has 0 unspecified atom stereocenters. The summed E-state index contributed by atoms with van der Waals surface area (Å²) in [4.78, 5) is 0. The van der Waals surface area contributed by atoms with Crippen LogP contribution in [-0.2, 0) is 13.6 Å². The molecule has 1 rings (SSSR count). The van der Waals surface area contributed by atoms with E-state index in [1.165, 1.54) is 0 Å². The highest BCUT2D eigenvalue weighted by atomic mass is 31.2. The first kappa shape index (κ1) is 15.7. The van der Waals surface area contributed by atoms with Gasteiger partial charge in [-0.2, -0.15) is 0 Å². The second-order valence-electron chi connectivity index (χ2n) is 3.62. The smallest absolute Gasteiger partial charge is 0.305 e.